The minimum absolute atomic E-state index is 0.586. The van der Waals surface area contributed by atoms with Gasteiger partial charge in [-0.2, -0.15) is 4.47 Å². The van der Waals surface area contributed by atoms with Gasteiger partial charge in [0.15, 0.2) is 0 Å². The summed E-state index contributed by atoms with van der Waals surface area (Å²) in [7, 11) is 1.58. The lowest BCUT2D eigenvalue weighted by Gasteiger charge is -2.18. The summed E-state index contributed by atoms with van der Waals surface area (Å²) in [6, 6.07) is 10.8. The van der Waals surface area contributed by atoms with Gasteiger partial charge in [-0.3, -0.25) is 5.21 Å². The third-order valence-electron chi connectivity index (χ3n) is 3.30. The van der Waals surface area contributed by atoms with E-state index in [1.54, 1.807) is 31.4 Å². The number of methoxy groups -OCH3 is 1. The lowest BCUT2D eigenvalue weighted by atomic mass is 10.1. The second-order valence-electron chi connectivity index (χ2n) is 4.70. The van der Waals surface area contributed by atoms with Gasteiger partial charge < -0.3 is 14.2 Å². The van der Waals surface area contributed by atoms with Gasteiger partial charge >= 0.3 is 0 Å². The zero-order valence-corrected chi connectivity index (χ0v) is 13.4. The van der Waals surface area contributed by atoms with Crippen molar-refractivity contribution >= 4 is 35.1 Å². The van der Waals surface area contributed by atoms with E-state index in [0.717, 1.165) is 34.3 Å². The van der Waals surface area contributed by atoms with Crippen LogP contribution in [0, 0.1) is 0 Å². The van der Waals surface area contributed by atoms with Gasteiger partial charge in [-0.1, -0.05) is 11.6 Å². The lowest BCUT2D eigenvalue weighted by molar-refractivity contribution is 0.332. The van der Waals surface area contributed by atoms with Crippen molar-refractivity contribution in [1.82, 2.24) is 0 Å². The van der Waals surface area contributed by atoms with Crippen molar-refractivity contribution in [3.63, 3.8) is 0 Å². The minimum atomic E-state index is 0.586. The normalized spacial score (nSPS) is 12.5. The first-order valence-electron chi connectivity index (χ1n) is 6.68. The first-order chi connectivity index (χ1) is 10.7. The van der Waals surface area contributed by atoms with Crippen LogP contribution >= 0.6 is 23.7 Å². The number of nitrogens with one attached hydrogen (secondary N) is 1. The second kappa shape index (κ2) is 6.56. The Hall–Kier alpha value is -1.76. The predicted octanol–water partition coefficient (Wildman–Crippen LogP) is 4.15. The Kier molecular flexibility index (Phi) is 4.52. The monoisotopic (exact) mass is 338 g/mol. The van der Waals surface area contributed by atoms with Gasteiger partial charge in [0.1, 0.15) is 11.5 Å². The van der Waals surface area contributed by atoms with Crippen LogP contribution < -0.4 is 18.7 Å². The zero-order chi connectivity index (χ0) is 15.5. The minimum Gasteiger partial charge on any atom is -0.495 e. The number of anilines is 2. The molecular weight excluding hydrogens is 324 g/mol. The molecule has 0 radical (unpaired) electrons. The van der Waals surface area contributed by atoms with E-state index in [1.165, 1.54) is 0 Å². The molecule has 0 saturated heterocycles. The lowest BCUT2D eigenvalue weighted by Crippen LogP contribution is -2.11. The van der Waals surface area contributed by atoms with Crippen LogP contribution in [0.4, 0.5) is 11.4 Å². The van der Waals surface area contributed by atoms with E-state index in [9.17, 15) is 5.21 Å². The Labute approximate surface area is 138 Å². The third-order valence-corrected chi connectivity index (χ3v) is 4.23. The van der Waals surface area contributed by atoms with Crippen LogP contribution in [0.25, 0.3) is 0 Å². The van der Waals surface area contributed by atoms with E-state index in [4.69, 9.17) is 21.1 Å². The number of hydrogen-bond acceptors (Lipinski definition) is 6. The van der Waals surface area contributed by atoms with Crippen molar-refractivity contribution < 1.29 is 14.7 Å². The van der Waals surface area contributed by atoms with Crippen molar-refractivity contribution in [3.8, 4) is 11.5 Å². The zero-order valence-electron chi connectivity index (χ0n) is 11.9. The molecule has 0 bridgehead atoms. The van der Waals surface area contributed by atoms with Crippen LogP contribution in [0.15, 0.2) is 36.4 Å². The molecule has 0 unspecified atom stereocenters. The Morgan fingerprint density at radius 1 is 1.32 bits per heavy atom. The van der Waals surface area contributed by atoms with Crippen LogP contribution in [-0.4, -0.2) is 18.9 Å². The van der Waals surface area contributed by atoms with E-state index in [0.29, 0.717) is 28.8 Å². The standard InChI is InChI=1S/C15H15ClN2O3S/c1-20-15-4-2-11(16)9-13(15)17-22-18(19)12-3-5-14-10(8-12)6-7-21-14/h2-5,8-9,17,19H,6-7H2,1H3. The molecule has 2 aromatic rings. The second-order valence-corrected chi connectivity index (χ2v) is 5.87. The molecule has 0 atom stereocenters. The topological polar surface area (TPSA) is 54.0 Å². The highest BCUT2D eigenvalue weighted by molar-refractivity contribution is 8.01. The Bertz CT molecular complexity index is 684. The summed E-state index contributed by atoms with van der Waals surface area (Å²) >= 11 is 7.00. The molecule has 3 rings (SSSR count). The van der Waals surface area contributed by atoms with Crippen LogP contribution in [-0.2, 0) is 6.42 Å². The summed E-state index contributed by atoms with van der Waals surface area (Å²) in [6.45, 7) is 0.690. The molecule has 5 nitrogen and oxygen atoms in total. The summed E-state index contributed by atoms with van der Waals surface area (Å²) < 4.78 is 14.8. The largest absolute Gasteiger partial charge is 0.495 e. The van der Waals surface area contributed by atoms with Gasteiger partial charge in [-0.15, -0.1) is 0 Å². The van der Waals surface area contributed by atoms with Gasteiger partial charge in [0.2, 0.25) is 0 Å². The smallest absolute Gasteiger partial charge is 0.142 e. The summed E-state index contributed by atoms with van der Waals surface area (Å²) in [5.41, 5.74) is 2.45. The maximum Gasteiger partial charge on any atom is 0.142 e. The number of fused-ring (bicyclic) bond motifs is 1. The fourth-order valence-electron chi connectivity index (χ4n) is 2.20. The van der Waals surface area contributed by atoms with E-state index in [-0.39, 0.29) is 0 Å². The molecule has 2 aromatic carbocycles. The predicted molar refractivity (Wildman–Crippen MR) is 89.1 cm³/mol. The summed E-state index contributed by atoms with van der Waals surface area (Å²) in [6.07, 6.45) is 0.858. The van der Waals surface area contributed by atoms with Gasteiger partial charge in [0.25, 0.3) is 0 Å². The Morgan fingerprint density at radius 3 is 3.00 bits per heavy atom. The highest BCUT2D eigenvalue weighted by Crippen LogP contribution is 2.33. The molecule has 7 heteroatoms. The SMILES string of the molecule is COc1ccc(Cl)cc1NSN(O)c1ccc2c(c1)CCO2. The number of halogens is 1. The molecule has 0 amide bonds. The molecule has 1 aliphatic heterocycles. The molecule has 1 heterocycles. The van der Waals surface area contributed by atoms with Crippen molar-refractivity contribution in [2.75, 3.05) is 22.9 Å². The fraction of sp³-hybridized carbons (Fsp3) is 0.200. The molecule has 0 aromatic heterocycles. The third kappa shape index (κ3) is 3.19. The summed E-state index contributed by atoms with van der Waals surface area (Å²) in [5, 5.41) is 10.8. The quantitative estimate of drug-likeness (QED) is 0.631. The van der Waals surface area contributed by atoms with Gasteiger partial charge in [-0.05, 0) is 42.0 Å². The van der Waals surface area contributed by atoms with Gasteiger partial charge in [0.05, 0.1) is 37.2 Å². The number of ether oxygens (including phenoxy) is 2. The van der Waals surface area contributed by atoms with Crippen LogP contribution in [0.1, 0.15) is 5.56 Å². The molecule has 0 fully saturated rings. The number of hydrogen-bond donors (Lipinski definition) is 2. The first-order valence-corrected chi connectivity index (χ1v) is 7.84. The Morgan fingerprint density at radius 2 is 2.18 bits per heavy atom. The van der Waals surface area contributed by atoms with Gasteiger partial charge in [-0.25, -0.2) is 0 Å². The van der Waals surface area contributed by atoms with E-state index >= 15 is 0 Å². The number of rotatable bonds is 5. The molecule has 0 saturated carbocycles. The number of nitrogens with zero attached hydrogens (tertiary/aromatic N) is 1. The van der Waals surface area contributed by atoms with Crippen molar-refractivity contribution in [2.24, 2.45) is 0 Å². The maximum atomic E-state index is 10.2. The average molecular weight is 339 g/mol. The summed E-state index contributed by atoms with van der Waals surface area (Å²) in [5.74, 6) is 1.53. The van der Waals surface area contributed by atoms with E-state index in [2.05, 4.69) is 4.72 Å². The van der Waals surface area contributed by atoms with Crippen molar-refractivity contribution in [3.05, 3.63) is 47.0 Å². The van der Waals surface area contributed by atoms with Crippen LogP contribution in [0.2, 0.25) is 5.02 Å². The molecule has 1 aliphatic rings. The average Bonchev–Trinajstić information content (AvgIpc) is 3.00. The molecule has 22 heavy (non-hydrogen) atoms. The Balaban J connectivity index is 1.70. The van der Waals surface area contributed by atoms with Crippen molar-refractivity contribution in [1.29, 1.82) is 0 Å². The van der Waals surface area contributed by atoms with E-state index < -0.39 is 0 Å². The fourth-order valence-corrected chi connectivity index (χ4v) is 2.93. The molecular formula is C15H15ClN2O3S. The maximum absolute atomic E-state index is 10.2. The molecule has 0 aliphatic carbocycles. The first kappa shape index (κ1) is 15.1. The van der Waals surface area contributed by atoms with Gasteiger partial charge in [0, 0.05) is 11.4 Å². The van der Waals surface area contributed by atoms with Crippen LogP contribution in [0.3, 0.4) is 0 Å². The molecule has 0 spiro atoms. The van der Waals surface area contributed by atoms with Crippen LogP contribution in [0.5, 0.6) is 11.5 Å². The van der Waals surface area contributed by atoms with E-state index in [1.807, 2.05) is 12.1 Å². The highest BCUT2D eigenvalue weighted by atomic mass is 35.5. The molecule has 2 N–H and O–H groups in total. The molecule has 116 valence electrons. The highest BCUT2D eigenvalue weighted by Gasteiger charge is 2.15. The summed E-state index contributed by atoms with van der Waals surface area (Å²) in [4.78, 5) is 0. The van der Waals surface area contributed by atoms with Crippen molar-refractivity contribution in [2.45, 2.75) is 6.42 Å². The number of benzene rings is 2.